The standard InChI is InChI=1S/C18H35NO3Si/c1-10-22-18(21)17(11-19(9)16(8)20)12-23(13(2)3,14(4)5)15(6)7/h12-15H,10-11H2,1-9H3/b17-12-. The van der Waals surface area contributed by atoms with E-state index in [1.807, 2.05) is 6.92 Å². The minimum absolute atomic E-state index is 0.0499. The van der Waals surface area contributed by atoms with E-state index in [0.717, 1.165) is 0 Å². The summed E-state index contributed by atoms with van der Waals surface area (Å²) in [7, 11) is -0.164. The summed E-state index contributed by atoms with van der Waals surface area (Å²) in [6, 6.07) is 0. The molecule has 5 heteroatoms. The van der Waals surface area contributed by atoms with Crippen LogP contribution in [-0.4, -0.2) is 45.0 Å². The monoisotopic (exact) mass is 341 g/mol. The molecule has 4 nitrogen and oxygen atoms in total. The van der Waals surface area contributed by atoms with Gasteiger partial charge in [-0.25, -0.2) is 4.79 Å². The van der Waals surface area contributed by atoms with Crippen molar-refractivity contribution in [3.05, 3.63) is 11.3 Å². The number of carbonyl (C=O) groups is 2. The molecule has 0 aliphatic heterocycles. The van der Waals surface area contributed by atoms with Gasteiger partial charge < -0.3 is 9.64 Å². The van der Waals surface area contributed by atoms with Crippen LogP contribution in [0.5, 0.6) is 0 Å². The van der Waals surface area contributed by atoms with E-state index in [1.54, 1.807) is 11.9 Å². The van der Waals surface area contributed by atoms with Gasteiger partial charge in [-0.15, -0.1) is 0 Å². The van der Waals surface area contributed by atoms with Gasteiger partial charge in [0.1, 0.15) is 0 Å². The van der Waals surface area contributed by atoms with Gasteiger partial charge in [-0.1, -0.05) is 47.2 Å². The van der Waals surface area contributed by atoms with Gasteiger partial charge in [-0.2, -0.15) is 0 Å². The molecule has 0 bridgehead atoms. The second-order valence-electron chi connectivity index (χ2n) is 7.23. The Bertz CT molecular complexity index is 420. The highest BCUT2D eigenvalue weighted by Crippen LogP contribution is 2.43. The van der Waals surface area contributed by atoms with Crippen molar-refractivity contribution in [2.24, 2.45) is 0 Å². The summed E-state index contributed by atoms with van der Waals surface area (Å²) in [6.07, 6.45) is 0. The van der Waals surface area contributed by atoms with Crippen molar-refractivity contribution in [2.45, 2.75) is 72.0 Å². The van der Waals surface area contributed by atoms with E-state index in [-0.39, 0.29) is 11.9 Å². The molecular formula is C18H35NO3Si. The molecule has 0 aliphatic carbocycles. The summed E-state index contributed by atoms with van der Waals surface area (Å²) < 4.78 is 5.25. The van der Waals surface area contributed by atoms with Crippen molar-refractivity contribution in [3.8, 4) is 0 Å². The van der Waals surface area contributed by atoms with Crippen molar-refractivity contribution in [1.82, 2.24) is 4.90 Å². The Morgan fingerprint density at radius 1 is 1.04 bits per heavy atom. The molecule has 0 saturated heterocycles. The second-order valence-corrected chi connectivity index (χ2v) is 13.0. The fraction of sp³-hybridized carbons (Fsp3) is 0.778. The third kappa shape index (κ3) is 5.48. The van der Waals surface area contributed by atoms with Crippen LogP contribution in [0.4, 0.5) is 0 Å². The summed E-state index contributed by atoms with van der Waals surface area (Å²) in [4.78, 5) is 25.6. The fourth-order valence-corrected chi connectivity index (χ4v) is 9.37. The minimum atomic E-state index is -1.88. The number of ether oxygens (including phenoxy) is 1. The van der Waals surface area contributed by atoms with Gasteiger partial charge in [0.2, 0.25) is 5.91 Å². The van der Waals surface area contributed by atoms with Crippen LogP contribution in [0.25, 0.3) is 0 Å². The molecule has 0 aromatic carbocycles. The molecule has 134 valence electrons. The summed E-state index contributed by atoms with van der Waals surface area (Å²) in [5.74, 6) is -0.342. The third-order valence-electron chi connectivity index (χ3n) is 4.91. The average Bonchev–Trinajstić information content (AvgIpc) is 2.41. The molecule has 0 saturated carbocycles. The topological polar surface area (TPSA) is 46.6 Å². The van der Waals surface area contributed by atoms with Crippen LogP contribution in [0, 0.1) is 0 Å². The molecule has 0 aromatic heterocycles. The number of hydrogen-bond donors (Lipinski definition) is 0. The largest absolute Gasteiger partial charge is 0.463 e. The molecule has 0 heterocycles. The third-order valence-corrected chi connectivity index (χ3v) is 11.8. The van der Waals surface area contributed by atoms with Crippen LogP contribution in [-0.2, 0) is 14.3 Å². The van der Waals surface area contributed by atoms with Gasteiger partial charge in [-0.05, 0) is 23.5 Å². The summed E-state index contributed by atoms with van der Waals surface area (Å²) in [6.45, 7) is 17.5. The first-order chi connectivity index (χ1) is 10.5. The molecule has 0 aromatic rings. The predicted octanol–water partition coefficient (Wildman–Crippen LogP) is 4.17. The minimum Gasteiger partial charge on any atom is -0.463 e. The number of carbonyl (C=O) groups excluding carboxylic acids is 2. The number of rotatable bonds is 8. The molecule has 0 rings (SSSR count). The van der Waals surface area contributed by atoms with Gasteiger partial charge in [0.25, 0.3) is 0 Å². The molecule has 0 spiro atoms. The summed E-state index contributed by atoms with van der Waals surface area (Å²) in [5, 5.41) is 0. The number of amides is 1. The Labute approximate surface area is 143 Å². The zero-order valence-corrected chi connectivity index (χ0v) is 17.4. The lowest BCUT2D eigenvalue weighted by atomic mass is 10.3. The zero-order valence-electron chi connectivity index (χ0n) is 16.4. The molecule has 0 atom stereocenters. The van der Waals surface area contributed by atoms with Gasteiger partial charge in [0, 0.05) is 19.5 Å². The lowest BCUT2D eigenvalue weighted by molar-refractivity contribution is -0.139. The molecule has 0 radical (unpaired) electrons. The van der Waals surface area contributed by atoms with E-state index in [0.29, 0.717) is 35.3 Å². The van der Waals surface area contributed by atoms with Crippen molar-refractivity contribution in [3.63, 3.8) is 0 Å². The van der Waals surface area contributed by atoms with Crippen LogP contribution in [0.2, 0.25) is 16.6 Å². The maximum Gasteiger partial charge on any atom is 0.335 e. The maximum atomic E-state index is 12.4. The maximum absolute atomic E-state index is 12.4. The van der Waals surface area contributed by atoms with Gasteiger partial charge in [0.15, 0.2) is 0 Å². The van der Waals surface area contributed by atoms with Gasteiger partial charge in [0.05, 0.1) is 21.2 Å². The molecule has 0 unspecified atom stereocenters. The SMILES string of the molecule is CCOC(=O)/C(=C\[Si](C(C)C)(C(C)C)C(C)C)CN(C)C(C)=O. The highest BCUT2D eigenvalue weighted by atomic mass is 28.3. The summed E-state index contributed by atoms with van der Waals surface area (Å²) in [5.41, 5.74) is 4.37. The second kappa shape index (κ2) is 9.26. The number of hydrogen-bond acceptors (Lipinski definition) is 3. The Hall–Kier alpha value is -1.10. The Kier molecular flexibility index (Phi) is 8.81. The number of esters is 1. The van der Waals surface area contributed by atoms with E-state index in [2.05, 4.69) is 47.2 Å². The number of likely N-dealkylation sites (N-methyl/N-ethyl adjacent to an activating group) is 1. The van der Waals surface area contributed by atoms with Crippen LogP contribution < -0.4 is 0 Å². The van der Waals surface area contributed by atoms with Crippen LogP contribution in [0.15, 0.2) is 11.3 Å². The van der Waals surface area contributed by atoms with E-state index < -0.39 is 8.07 Å². The molecule has 1 amide bonds. The van der Waals surface area contributed by atoms with E-state index >= 15 is 0 Å². The highest BCUT2D eigenvalue weighted by Gasteiger charge is 2.41. The van der Waals surface area contributed by atoms with E-state index in [4.69, 9.17) is 4.74 Å². The molecule has 0 aliphatic rings. The lowest BCUT2D eigenvalue weighted by Gasteiger charge is -2.41. The van der Waals surface area contributed by atoms with Crippen molar-refractivity contribution >= 4 is 20.0 Å². The normalized spacial score (nSPS) is 13.0. The Morgan fingerprint density at radius 2 is 1.48 bits per heavy atom. The molecular weight excluding hydrogens is 306 g/mol. The fourth-order valence-electron chi connectivity index (χ4n) is 3.56. The van der Waals surface area contributed by atoms with Crippen molar-refractivity contribution < 1.29 is 14.3 Å². The molecule has 0 fully saturated rings. The van der Waals surface area contributed by atoms with Gasteiger partial charge >= 0.3 is 5.97 Å². The van der Waals surface area contributed by atoms with E-state index in [1.165, 1.54) is 6.92 Å². The first-order valence-corrected chi connectivity index (χ1v) is 10.9. The smallest absolute Gasteiger partial charge is 0.335 e. The van der Waals surface area contributed by atoms with Crippen LogP contribution in [0.3, 0.4) is 0 Å². The van der Waals surface area contributed by atoms with Gasteiger partial charge in [-0.3, -0.25) is 4.79 Å². The van der Waals surface area contributed by atoms with E-state index in [9.17, 15) is 9.59 Å². The van der Waals surface area contributed by atoms with Crippen LogP contribution >= 0.6 is 0 Å². The zero-order chi connectivity index (χ0) is 18.4. The highest BCUT2D eigenvalue weighted by molar-refractivity contribution is 6.88. The first kappa shape index (κ1) is 21.9. The lowest BCUT2D eigenvalue weighted by Crippen LogP contribution is -2.44. The number of nitrogens with zero attached hydrogens (tertiary/aromatic N) is 1. The van der Waals surface area contributed by atoms with Crippen LogP contribution in [0.1, 0.15) is 55.4 Å². The van der Waals surface area contributed by atoms with Crippen molar-refractivity contribution in [1.29, 1.82) is 0 Å². The van der Waals surface area contributed by atoms with Crippen molar-refractivity contribution in [2.75, 3.05) is 20.2 Å². The summed E-state index contributed by atoms with van der Waals surface area (Å²) >= 11 is 0. The predicted molar refractivity (Wildman–Crippen MR) is 99.1 cm³/mol. The Balaban J connectivity index is 6.01. The molecule has 23 heavy (non-hydrogen) atoms. The quantitative estimate of drug-likeness (QED) is 0.378. The molecule has 0 N–H and O–H groups in total. The average molecular weight is 342 g/mol. The first-order valence-electron chi connectivity index (χ1n) is 8.61. The Morgan fingerprint density at radius 3 is 1.78 bits per heavy atom.